The summed E-state index contributed by atoms with van der Waals surface area (Å²) in [7, 11) is -2.39. The van der Waals surface area contributed by atoms with Crippen LogP contribution in [0.3, 0.4) is 0 Å². The van der Waals surface area contributed by atoms with Gasteiger partial charge in [-0.05, 0) is 43.5 Å². The molecular weight excluding hydrogens is 324 g/mol. The van der Waals surface area contributed by atoms with Crippen LogP contribution in [0.4, 0.5) is 0 Å². The first-order chi connectivity index (χ1) is 11.3. The number of hydrogen-bond donors (Lipinski definition) is 2. The molecule has 2 aromatic rings. The zero-order valence-corrected chi connectivity index (χ0v) is 15.0. The van der Waals surface area contributed by atoms with Gasteiger partial charge in [-0.1, -0.05) is 36.4 Å². The van der Waals surface area contributed by atoms with E-state index in [1.54, 1.807) is 12.1 Å². The molecule has 2 rings (SSSR count). The van der Waals surface area contributed by atoms with Crippen LogP contribution >= 0.6 is 0 Å². The minimum atomic E-state index is -3.82. The molecule has 0 bridgehead atoms. The van der Waals surface area contributed by atoms with Crippen molar-refractivity contribution in [1.82, 2.24) is 5.32 Å². The lowest BCUT2D eigenvalue weighted by Gasteiger charge is -2.21. The van der Waals surface area contributed by atoms with Gasteiger partial charge in [0, 0.05) is 12.1 Å². The minimum Gasteiger partial charge on any atom is -0.495 e. The second kappa shape index (κ2) is 7.79. The Labute approximate surface area is 143 Å². The van der Waals surface area contributed by atoms with Crippen LogP contribution < -0.4 is 15.2 Å². The molecule has 5 nitrogen and oxygen atoms in total. The normalized spacial score (nSPS) is 14.2. The van der Waals surface area contributed by atoms with Crippen LogP contribution in [-0.2, 0) is 16.4 Å². The Morgan fingerprint density at radius 2 is 1.79 bits per heavy atom. The number of nitrogens with one attached hydrogen (secondary N) is 1. The maximum absolute atomic E-state index is 11.7. The van der Waals surface area contributed by atoms with Crippen LogP contribution in [0.2, 0.25) is 0 Å². The van der Waals surface area contributed by atoms with Crippen molar-refractivity contribution in [3.05, 3.63) is 59.7 Å². The summed E-state index contributed by atoms with van der Waals surface area (Å²) < 4.78 is 28.5. The van der Waals surface area contributed by atoms with Gasteiger partial charge >= 0.3 is 0 Å². The first kappa shape index (κ1) is 18.4. The minimum absolute atomic E-state index is 0.0193. The third-order valence-corrected chi connectivity index (χ3v) is 4.84. The topological polar surface area (TPSA) is 81.4 Å². The molecule has 0 aromatic heterocycles. The predicted molar refractivity (Wildman–Crippen MR) is 95.5 cm³/mol. The summed E-state index contributed by atoms with van der Waals surface area (Å²) in [6.45, 7) is 4.18. The first-order valence-corrected chi connectivity index (χ1v) is 9.36. The van der Waals surface area contributed by atoms with Crippen molar-refractivity contribution >= 4 is 10.0 Å². The van der Waals surface area contributed by atoms with E-state index in [0.29, 0.717) is 6.42 Å². The number of nitrogens with two attached hydrogens (primary N) is 1. The molecule has 0 heterocycles. The van der Waals surface area contributed by atoms with E-state index in [2.05, 4.69) is 31.3 Å². The average Bonchev–Trinajstić information content (AvgIpc) is 2.54. The molecule has 6 heteroatoms. The zero-order chi connectivity index (χ0) is 17.7. The summed E-state index contributed by atoms with van der Waals surface area (Å²) in [4.78, 5) is 0.0193. The molecule has 2 atom stereocenters. The molecule has 0 aliphatic carbocycles. The van der Waals surface area contributed by atoms with E-state index < -0.39 is 10.0 Å². The van der Waals surface area contributed by atoms with E-state index in [4.69, 9.17) is 9.88 Å². The number of hydrogen-bond acceptors (Lipinski definition) is 4. The fraction of sp³-hybridized carbons (Fsp3) is 0.333. The molecule has 24 heavy (non-hydrogen) atoms. The third kappa shape index (κ3) is 4.80. The third-order valence-electron chi connectivity index (χ3n) is 3.91. The van der Waals surface area contributed by atoms with E-state index in [-0.39, 0.29) is 22.7 Å². The molecule has 0 amide bonds. The predicted octanol–water partition coefficient (Wildman–Crippen LogP) is 2.62. The van der Waals surface area contributed by atoms with Gasteiger partial charge in [0.15, 0.2) is 0 Å². The number of benzene rings is 2. The van der Waals surface area contributed by atoms with Crippen molar-refractivity contribution in [3.63, 3.8) is 0 Å². The van der Waals surface area contributed by atoms with Crippen molar-refractivity contribution in [2.24, 2.45) is 5.14 Å². The van der Waals surface area contributed by atoms with Crippen LogP contribution in [0.5, 0.6) is 5.75 Å². The average molecular weight is 348 g/mol. The van der Waals surface area contributed by atoms with E-state index >= 15 is 0 Å². The van der Waals surface area contributed by atoms with E-state index in [1.807, 2.05) is 24.3 Å². The molecule has 3 N–H and O–H groups in total. The van der Waals surface area contributed by atoms with Crippen molar-refractivity contribution in [2.75, 3.05) is 7.11 Å². The summed E-state index contributed by atoms with van der Waals surface area (Å²) in [5.74, 6) is 0.263. The van der Waals surface area contributed by atoms with E-state index in [0.717, 1.165) is 5.56 Å². The van der Waals surface area contributed by atoms with Crippen molar-refractivity contribution < 1.29 is 13.2 Å². The van der Waals surface area contributed by atoms with Gasteiger partial charge in [-0.2, -0.15) is 0 Å². The highest BCUT2D eigenvalue weighted by molar-refractivity contribution is 7.89. The number of sulfonamides is 1. The Balaban J connectivity index is 2.10. The molecule has 2 aromatic carbocycles. The van der Waals surface area contributed by atoms with Crippen LogP contribution in [-0.4, -0.2) is 21.6 Å². The first-order valence-electron chi connectivity index (χ1n) is 7.82. The molecular formula is C18H24N2O3S. The monoisotopic (exact) mass is 348 g/mol. The van der Waals surface area contributed by atoms with Gasteiger partial charge in [0.25, 0.3) is 0 Å². The van der Waals surface area contributed by atoms with Gasteiger partial charge in [0.1, 0.15) is 10.6 Å². The van der Waals surface area contributed by atoms with Crippen molar-refractivity contribution in [1.29, 1.82) is 0 Å². The van der Waals surface area contributed by atoms with Gasteiger partial charge in [0.05, 0.1) is 7.11 Å². The van der Waals surface area contributed by atoms with Gasteiger partial charge in [-0.25, -0.2) is 13.6 Å². The molecule has 0 fully saturated rings. The molecule has 0 saturated carbocycles. The largest absolute Gasteiger partial charge is 0.495 e. The SMILES string of the molecule is COc1ccc(C[C@H](C)N[C@@H](C)c2ccccc2)cc1S(N)(=O)=O. The second-order valence-corrected chi connectivity index (χ2v) is 7.46. The fourth-order valence-corrected chi connectivity index (χ4v) is 3.50. The second-order valence-electron chi connectivity index (χ2n) is 5.93. The Kier molecular flexibility index (Phi) is 5.99. The Bertz CT molecular complexity index is 776. The highest BCUT2D eigenvalue weighted by Gasteiger charge is 2.17. The molecule has 0 aliphatic rings. The van der Waals surface area contributed by atoms with Crippen LogP contribution in [0, 0.1) is 0 Å². The summed E-state index contributed by atoms with van der Waals surface area (Å²) >= 11 is 0. The Hall–Kier alpha value is -1.89. The summed E-state index contributed by atoms with van der Waals surface area (Å²) in [5.41, 5.74) is 2.10. The lowest BCUT2D eigenvalue weighted by molar-refractivity contribution is 0.402. The molecule has 0 saturated heterocycles. The molecule has 0 unspecified atom stereocenters. The fourth-order valence-electron chi connectivity index (χ4n) is 2.75. The summed E-state index contributed by atoms with van der Waals surface area (Å²) in [6, 6.07) is 15.6. The number of rotatable bonds is 7. The molecule has 0 radical (unpaired) electrons. The summed E-state index contributed by atoms with van der Waals surface area (Å²) in [6.07, 6.45) is 0.684. The van der Waals surface area contributed by atoms with E-state index in [1.165, 1.54) is 12.7 Å². The standard InChI is InChI=1S/C18H24N2O3S/c1-13(20-14(2)16-7-5-4-6-8-16)11-15-9-10-17(23-3)18(12-15)24(19,21)22/h4-10,12-14,20H,11H2,1-3H3,(H2,19,21,22)/t13-,14-/m0/s1. The highest BCUT2D eigenvalue weighted by Crippen LogP contribution is 2.24. The van der Waals surface area contributed by atoms with Crippen LogP contribution in [0.15, 0.2) is 53.4 Å². The quantitative estimate of drug-likeness (QED) is 0.806. The lowest BCUT2D eigenvalue weighted by Crippen LogP contribution is -2.30. The smallest absolute Gasteiger partial charge is 0.241 e. The van der Waals surface area contributed by atoms with Crippen LogP contribution in [0.1, 0.15) is 31.0 Å². The zero-order valence-electron chi connectivity index (χ0n) is 14.2. The number of primary sulfonamides is 1. The molecule has 0 spiro atoms. The number of ether oxygens (including phenoxy) is 1. The highest BCUT2D eigenvalue weighted by atomic mass is 32.2. The molecule has 0 aliphatic heterocycles. The van der Waals surface area contributed by atoms with Crippen molar-refractivity contribution in [3.8, 4) is 5.75 Å². The maximum atomic E-state index is 11.7. The maximum Gasteiger partial charge on any atom is 0.241 e. The number of methoxy groups -OCH3 is 1. The molecule has 130 valence electrons. The van der Waals surface area contributed by atoms with Gasteiger partial charge in [-0.15, -0.1) is 0 Å². The van der Waals surface area contributed by atoms with Gasteiger partial charge in [0.2, 0.25) is 10.0 Å². The Morgan fingerprint density at radius 1 is 1.12 bits per heavy atom. The van der Waals surface area contributed by atoms with Gasteiger partial charge < -0.3 is 10.1 Å². The lowest BCUT2D eigenvalue weighted by atomic mass is 10.0. The van der Waals surface area contributed by atoms with Crippen molar-refractivity contribution in [2.45, 2.75) is 37.2 Å². The summed E-state index contributed by atoms with van der Waals surface area (Å²) in [5, 5.41) is 8.79. The Morgan fingerprint density at radius 3 is 2.38 bits per heavy atom. The van der Waals surface area contributed by atoms with Gasteiger partial charge in [-0.3, -0.25) is 0 Å². The van der Waals surface area contributed by atoms with E-state index in [9.17, 15) is 8.42 Å². The van der Waals surface area contributed by atoms with Crippen LogP contribution in [0.25, 0.3) is 0 Å².